The molecule has 0 radical (unpaired) electrons. The number of non-ortho nitro benzene ring substituents is 1. The molecule has 2 aromatic carbocycles. The van der Waals surface area contributed by atoms with Gasteiger partial charge in [0.05, 0.1) is 23.0 Å². The summed E-state index contributed by atoms with van der Waals surface area (Å²) in [6.45, 7) is 3.71. The highest BCUT2D eigenvalue weighted by atomic mass is 32.2. The Bertz CT molecular complexity index is 1130. The van der Waals surface area contributed by atoms with Crippen LogP contribution in [0, 0.1) is 10.1 Å². The number of ether oxygens (including phenoxy) is 3. The third-order valence-corrected chi connectivity index (χ3v) is 5.48. The van der Waals surface area contributed by atoms with Crippen LogP contribution < -0.4 is 9.47 Å². The highest BCUT2D eigenvalue weighted by Crippen LogP contribution is 2.35. The van der Waals surface area contributed by atoms with Crippen molar-refractivity contribution in [1.82, 2.24) is 4.90 Å². The lowest BCUT2D eigenvalue weighted by Gasteiger charge is -2.13. The van der Waals surface area contributed by atoms with E-state index in [0.29, 0.717) is 23.7 Å². The van der Waals surface area contributed by atoms with E-state index in [4.69, 9.17) is 14.2 Å². The van der Waals surface area contributed by atoms with E-state index in [-0.39, 0.29) is 23.8 Å². The number of carbonyl (C=O) groups excluding carboxylic acids is 3. The van der Waals surface area contributed by atoms with E-state index < -0.39 is 28.6 Å². The summed E-state index contributed by atoms with van der Waals surface area (Å²) in [5.74, 6) is -0.338. The Morgan fingerprint density at radius 2 is 1.79 bits per heavy atom. The quantitative estimate of drug-likeness (QED) is 0.210. The van der Waals surface area contributed by atoms with Crippen LogP contribution in [-0.2, 0) is 20.9 Å². The molecule has 1 aliphatic heterocycles. The molecule has 3 rings (SSSR count). The fourth-order valence-corrected chi connectivity index (χ4v) is 3.84. The van der Waals surface area contributed by atoms with E-state index in [1.165, 1.54) is 12.1 Å². The standard InChI is InChI=1S/C23H22N2O8S/c1-3-31-19-11-16(12-20-22(27)24(23(28)34-20)13-21(26)32-4-2)7-10-18(19)33-14-15-5-8-17(9-6-15)25(29)30/h5-12H,3-4,13-14H2,1-2H3/b20-12-. The lowest BCUT2D eigenvalue weighted by molar-refractivity contribution is -0.384. The summed E-state index contributed by atoms with van der Waals surface area (Å²) < 4.78 is 16.3. The van der Waals surface area contributed by atoms with E-state index in [2.05, 4.69) is 0 Å². The van der Waals surface area contributed by atoms with Crippen molar-refractivity contribution in [3.8, 4) is 11.5 Å². The Hall–Kier alpha value is -3.86. The van der Waals surface area contributed by atoms with Gasteiger partial charge in [-0.15, -0.1) is 0 Å². The zero-order valence-electron chi connectivity index (χ0n) is 18.5. The van der Waals surface area contributed by atoms with Crippen molar-refractivity contribution in [2.24, 2.45) is 0 Å². The van der Waals surface area contributed by atoms with Gasteiger partial charge in [-0.3, -0.25) is 29.4 Å². The minimum Gasteiger partial charge on any atom is -0.490 e. The number of rotatable bonds is 10. The number of nitrogens with zero attached hydrogens (tertiary/aromatic N) is 2. The van der Waals surface area contributed by atoms with Gasteiger partial charge >= 0.3 is 5.97 Å². The van der Waals surface area contributed by atoms with Crippen molar-refractivity contribution in [3.05, 3.63) is 68.6 Å². The van der Waals surface area contributed by atoms with Gasteiger partial charge < -0.3 is 14.2 Å². The van der Waals surface area contributed by atoms with Crippen LogP contribution in [0.3, 0.4) is 0 Å². The first-order chi connectivity index (χ1) is 16.3. The average Bonchev–Trinajstić information content (AvgIpc) is 3.06. The van der Waals surface area contributed by atoms with E-state index in [1.54, 1.807) is 43.3 Å². The fourth-order valence-electron chi connectivity index (χ4n) is 3.00. The number of benzene rings is 2. The fraction of sp³-hybridized carbons (Fsp3) is 0.261. The minimum atomic E-state index is -0.654. The molecule has 2 aromatic rings. The molecular weight excluding hydrogens is 464 g/mol. The second-order valence-corrected chi connectivity index (χ2v) is 7.92. The van der Waals surface area contributed by atoms with Crippen molar-refractivity contribution in [3.63, 3.8) is 0 Å². The molecule has 0 N–H and O–H groups in total. The maximum atomic E-state index is 12.6. The van der Waals surface area contributed by atoms with Crippen molar-refractivity contribution in [2.45, 2.75) is 20.5 Å². The summed E-state index contributed by atoms with van der Waals surface area (Å²) >= 11 is 0.742. The highest BCUT2D eigenvalue weighted by molar-refractivity contribution is 8.18. The van der Waals surface area contributed by atoms with Gasteiger partial charge in [0.15, 0.2) is 11.5 Å². The van der Waals surface area contributed by atoms with Crippen LogP contribution in [-0.4, -0.2) is 46.7 Å². The molecule has 1 fully saturated rings. The normalized spacial score (nSPS) is 14.4. The lowest BCUT2D eigenvalue weighted by Crippen LogP contribution is -2.34. The number of nitro benzene ring substituents is 1. The molecule has 2 amide bonds. The SMILES string of the molecule is CCOC(=O)CN1C(=O)S/C(=C\c2ccc(OCc3ccc([N+](=O)[O-])cc3)c(OCC)c2)C1=O. The van der Waals surface area contributed by atoms with Gasteiger partial charge in [-0.1, -0.05) is 6.07 Å². The molecule has 178 valence electrons. The molecule has 0 unspecified atom stereocenters. The third kappa shape index (κ3) is 6.13. The van der Waals surface area contributed by atoms with Crippen LogP contribution in [0.25, 0.3) is 6.08 Å². The molecule has 0 aliphatic carbocycles. The van der Waals surface area contributed by atoms with Crippen LogP contribution >= 0.6 is 11.8 Å². The van der Waals surface area contributed by atoms with E-state index >= 15 is 0 Å². The molecule has 1 heterocycles. The van der Waals surface area contributed by atoms with Crippen LogP contribution in [0.15, 0.2) is 47.4 Å². The molecule has 0 spiro atoms. The number of thioether (sulfide) groups is 1. The summed E-state index contributed by atoms with van der Waals surface area (Å²) in [6, 6.07) is 11.1. The van der Waals surface area contributed by atoms with Crippen LogP contribution in [0.4, 0.5) is 10.5 Å². The van der Waals surface area contributed by atoms with Crippen molar-refractivity contribution >= 4 is 40.6 Å². The van der Waals surface area contributed by atoms with Gasteiger partial charge in [0.1, 0.15) is 13.2 Å². The van der Waals surface area contributed by atoms with Gasteiger partial charge in [-0.2, -0.15) is 0 Å². The zero-order chi connectivity index (χ0) is 24.7. The summed E-state index contributed by atoms with van der Waals surface area (Å²) in [5, 5.41) is 10.2. The largest absolute Gasteiger partial charge is 0.490 e. The first kappa shape index (κ1) is 24.8. The number of imide groups is 1. The predicted octanol–water partition coefficient (Wildman–Crippen LogP) is 4.17. The van der Waals surface area contributed by atoms with Gasteiger partial charge in [-0.25, -0.2) is 0 Å². The molecule has 0 aromatic heterocycles. The third-order valence-electron chi connectivity index (χ3n) is 4.57. The predicted molar refractivity (Wildman–Crippen MR) is 124 cm³/mol. The van der Waals surface area contributed by atoms with Gasteiger partial charge in [-0.05, 0) is 67.1 Å². The summed E-state index contributed by atoms with van der Waals surface area (Å²) in [5.41, 5.74) is 1.34. The number of esters is 1. The molecule has 1 saturated heterocycles. The first-order valence-corrected chi connectivity index (χ1v) is 11.2. The molecule has 1 aliphatic rings. The molecule has 0 atom stereocenters. The smallest absolute Gasteiger partial charge is 0.326 e. The minimum absolute atomic E-state index is 0.00484. The monoisotopic (exact) mass is 486 g/mol. The first-order valence-electron chi connectivity index (χ1n) is 10.4. The van der Waals surface area contributed by atoms with Crippen molar-refractivity contribution < 1.29 is 33.5 Å². The van der Waals surface area contributed by atoms with Crippen molar-refractivity contribution in [2.75, 3.05) is 19.8 Å². The molecular formula is C23H22N2O8S. The van der Waals surface area contributed by atoms with Crippen LogP contribution in [0.5, 0.6) is 11.5 Å². The summed E-state index contributed by atoms with van der Waals surface area (Å²) in [6.07, 6.45) is 1.54. The number of hydrogen-bond acceptors (Lipinski definition) is 9. The second kappa shape index (κ2) is 11.3. The Balaban J connectivity index is 1.74. The summed E-state index contributed by atoms with van der Waals surface area (Å²) in [4.78, 5) is 47.7. The van der Waals surface area contributed by atoms with E-state index in [1.807, 2.05) is 6.92 Å². The Labute approximate surface area is 199 Å². The number of amides is 2. The van der Waals surface area contributed by atoms with Gasteiger partial charge in [0.25, 0.3) is 16.8 Å². The Morgan fingerprint density at radius 3 is 2.44 bits per heavy atom. The molecule has 11 heteroatoms. The number of carbonyl (C=O) groups is 3. The van der Waals surface area contributed by atoms with Crippen molar-refractivity contribution in [1.29, 1.82) is 0 Å². The zero-order valence-corrected chi connectivity index (χ0v) is 19.3. The second-order valence-electron chi connectivity index (χ2n) is 6.92. The molecule has 0 bridgehead atoms. The summed E-state index contributed by atoms with van der Waals surface area (Å²) in [7, 11) is 0. The van der Waals surface area contributed by atoms with Crippen LogP contribution in [0.2, 0.25) is 0 Å². The highest BCUT2D eigenvalue weighted by Gasteiger charge is 2.36. The topological polar surface area (TPSA) is 125 Å². The van der Waals surface area contributed by atoms with Crippen LogP contribution in [0.1, 0.15) is 25.0 Å². The Kier molecular flexibility index (Phi) is 8.25. The van der Waals surface area contributed by atoms with Gasteiger partial charge in [0.2, 0.25) is 0 Å². The van der Waals surface area contributed by atoms with E-state index in [9.17, 15) is 24.5 Å². The maximum Gasteiger partial charge on any atom is 0.326 e. The Morgan fingerprint density at radius 1 is 1.06 bits per heavy atom. The van der Waals surface area contributed by atoms with E-state index in [0.717, 1.165) is 22.2 Å². The number of nitro groups is 1. The average molecular weight is 487 g/mol. The molecule has 34 heavy (non-hydrogen) atoms. The lowest BCUT2D eigenvalue weighted by atomic mass is 10.1. The number of hydrogen-bond donors (Lipinski definition) is 0. The van der Waals surface area contributed by atoms with Gasteiger partial charge in [0, 0.05) is 12.1 Å². The molecule has 10 nitrogen and oxygen atoms in total. The maximum absolute atomic E-state index is 12.6. The molecule has 0 saturated carbocycles.